The van der Waals surface area contributed by atoms with Gasteiger partial charge in [-0.25, -0.2) is 9.18 Å². The van der Waals surface area contributed by atoms with Crippen molar-refractivity contribution in [1.29, 1.82) is 0 Å². The topological polar surface area (TPSA) is 64.9 Å². The summed E-state index contributed by atoms with van der Waals surface area (Å²) < 4.78 is 13.8. The summed E-state index contributed by atoms with van der Waals surface area (Å²) in [6, 6.07) is 4.71. The van der Waals surface area contributed by atoms with E-state index in [1.807, 2.05) is 0 Å². The van der Waals surface area contributed by atoms with Crippen molar-refractivity contribution in [3.8, 4) is 0 Å². The molecule has 0 fully saturated rings. The van der Waals surface area contributed by atoms with Crippen LogP contribution in [0.25, 0.3) is 0 Å². The number of aliphatic imine (C=N–C) groups is 1. The second kappa shape index (κ2) is 5.03. The van der Waals surface area contributed by atoms with Crippen molar-refractivity contribution < 1.29 is 14.3 Å². The van der Waals surface area contributed by atoms with E-state index in [2.05, 4.69) is 10.3 Å². The van der Waals surface area contributed by atoms with Crippen LogP contribution in [0.15, 0.2) is 23.2 Å². The zero-order valence-electron chi connectivity index (χ0n) is 9.98. The van der Waals surface area contributed by atoms with Gasteiger partial charge in [-0.3, -0.25) is 4.99 Å². The van der Waals surface area contributed by atoms with Gasteiger partial charge in [0.2, 0.25) is 0 Å². The number of carbonyl (C=O) groups is 1. The number of nitrogens with one attached hydrogen (secondary N) is 1. The van der Waals surface area contributed by atoms with Gasteiger partial charge in [-0.05, 0) is 6.07 Å². The van der Waals surface area contributed by atoms with Crippen molar-refractivity contribution in [1.82, 2.24) is 10.2 Å². The number of amides is 1. The first-order chi connectivity index (χ1) is 8.58. The molecule has 1 aliphatic heterocycles. The fraction of sp³-hybridized carbons (Fsp3) is 0.333. The monoisotopic (exact) mass is 251 g/mol. The Bertz CT molecular complexity index is 502. The molecule has 0 spiro atoms. The third kappa shape index (κ3) is 2.58. The summed E-state index contributed by atoms with van der Waals surface area (Å²) in [6.45, 7) is 1.49. The predicted molar refractivity (Wildman–Crippen MR) is 65.3 cm³/mol. The molecule has 1 heterocycles. The first-order valence-corrected chi connectivity index (χ1v) is 5.59. The predicted octanol–water partition coefficient (Wildman–Crippen LogP) is 1.29. The quantitative estimate of drug-likeness (QED) is 0.850. The van der Waals surface area contributed by atoms with Crippen LogP contribution in [0.1, 0.15) is 11.1 Å². The molecule has 0 radical (unpaired) electrons. The van der Waals surface area contributed by atoms with Gasteiger partial charge in [-0.1, -0.05) is 12.1 Å². The third-order valence-electron chi connectivity index (χ3n) is 2.73. The average molecular weight is 251 g/mol. The Morgan fingerprint density at radius 3 is 2.94 bits per heavy atom. The van der Waals surface area contributed by atoms with Crippen LogP contribution in [0.3, 0.4) is 0 Å². The van der Waals surface area contributed by atoms with Gasteiger partial charge in [0.05, 0.1) is 13.1 Å². The lowest BCUT2D eigenvalue weighted by Gasteiger charge is -2.14. The van der Waals surface area contributed by atoms with E-state index in [1.165, 1.54) is 13.1 Å². The van der Waals surface area contributed by atoms with Crippen LogP contribution in [0.4, 0.5) is 9.18 Å². The number of hydrogen-bond donors (Lipinski definition) is 2. The summed E-state index contributed by atoms with van der Waals surface area (Å²) in [5.41, 5.74) is 1.04. The molecular weight excluding hydrogens is 237 g/mol. The highest BCUT2D eigenvalue weighted by molar-refractivity contribution is 5.99. The molecule has 2 N–H and O–H groups in total. The smallest absolute Gasteiger partial charge is 0.407 e. The molecule has 0 unspecified atom stereocenters. The summed E-state index contributed by atoms with van der Waals surface area (Å²) in [7, 11) is 1.40. The maximum absolute atomic E-state index is 13.8. The molecule has 0 aliphatic carbocycles. The van der Waals surface area contributed by atoms with Gasteiger partial charge in [0, 0.05) is 24.7 Å². The fourth-order valence-corrected chi connectivity index (χ4v) is 1.74. The summed E-state index contributed by atoms with van der Waals surface area (Å²) in [6.07, 6.45) is -1.08. The highest BCUT2D eigenvalue weighted by Crippen LogP contribution is 2.13. The Hall–Kier alpha value is -2.11. The van der Waals surface area contributed by atoms with E-state index in [0.29, 0.717) is 23.5 Å². The minimum absolute atomic E-state index is 0.0291. The van der Waals surface area contributed by atoms with Crippen LogP contribution in [-0.4, -0.2) is 42.1 Å². The van der Waals surface area contributed by atoms with Crippen molar-refractivity contribution >= 4 is 11.9 Å². The van der Waals surface area contributed by atoms with Crippen LogP contribution >= 0.6 is 0 Å². The minimum Gasteiger partial charge on any atom is -0.465 e. The number of benzene rings is 1. The van der Waals surface area contributed by atoms with E-state index in [0.717, 1.165) is 11.4 Å². The lowest BCUT2D eigenvalue weighted by molar-refractivity contribution is 0.153. The second-order valence-corrected chi connectivity index (χ2v) is 4.10. The van der Waals surface area contributed by atoms with Crippen LogP contribution < -0.4 is 5.32 Å². The first kappa shape index (κ1) is 12.3. The molecule has 0 bridgehead atoms. The minimum atomic E-state index is -1.08. The maximum Gasteiger partial charge on any atom is 0.407 e. The molecule has 0 saturated carbocycles. The van der Waals surface area contributed by atoms with Gasteiger partial charge in [-0.15, -0.1) is 0 Å². The summed E-state index contributed by atoms with van der Waals surface area (Å²) in [5, 5.41) is 11.8. The van der Waals surface area contributed by atoms with Gasteiger partial charge in [0.15, 0.2) is 0 Å². The van der Waals surface area contributed by atoms with Crippen molar-refractivity contribution in [3.05, 3.63) is 35.1 Å². The molecule has 0 atom stereocenters. The molecule has 0 aromatic heterocycles. The fourth-order valence-electron chi connectivity index (χ4n) is 1.74. The van der Waals surface area contributed by atoms with Gasteiger partial charge in [0.25, 0.3) is 0 Å². The molecule has 1 aromatic carbocycles. The van der Waals surface area contributed by atoms with E-state index in [1.54, 1.807) is 12.1 Å². The van der Waals surface area contributed by atoms with Crippen LogP contribution in [0, 0.1) is 5.82 Å². The Balaban J connectivity index is 2.17. The Kier molecular flexibility index (Phi) is 3.45. The van der Waals surface area contributed by atoms with Crippen molar-refractivity contribution in [2.75, 3.05) is 20.1 Å². The second-order valence-electron chi connectivity index (χ2n) is 4.10. The molecule has 5 nitrogen and oxygen atoms in total. The summed E-state index contributed by atoms with van der Waals surface area (Å²) in [5.74, 6) is 0.268. The van der Waals surface area contributed by atoms with Crippen molar-refractivity contribution in [2.24, 2.45) is 4.99 Å². The molecule has 1 aromatic rings. The van der Waals surface area contributed by atoms with Crippen LogP contribution in [0.5, 0.6) is 0 Å². The molecule has 2 rings (SSSR count). The number of carboxylic acid groups (broad SMARTS) is 1. The highest BCUT2D eigenvalue weighted by Gasteiger charge is 2.13. The standard InChI is InChI=1S/C12H14FN3O2/c1-16(12(17)18)7-9-3-2-8(6-10(9)13)11-14-4-5-15-11/h2-3,6H,4-5,7H2,1H3,(H,14,15)(H,17,18). The Morgan fingerprint density at radius 2 is 2.39 bits per heavy atom. The van der Waals surface area contributed by atoms with E-state index >= 15 is 0 Å². The molecular formula is C12H14FN3O2. The number of hydrogen-bond acceptors (Lipinski definition) is 3. The van der Waals surface area contributed by atoms with Gasteiger partial charge in [0.1, 0.15) is 11.7 Å². The summed E-state index contributed by atoms with van der Waals surface area (Å²) >= 11 is 0. The molecule has 6 heteroatoms. The van der Waals surface area contributed by atoms with Gasteiger partial charge < -0.3 is 15.3 Å². The molecule has 18 heavy (non-hydrogen) atoms. The Labute approximate surface area is 104 Å². The van der Waals surface area contributed by atoms with E-state index < -0.39 is 11.9 Å². The summed E-state index contributed by atoms with van der Waals surface area (Å²) in [4.78, 5) is 15.9. The normalized spacial score (nSPS) is 14.0. The zero-order chi connectivity index (χ0) is 13.1. The van der Waals surface area contributed by atoms with E-state index in [-0.39, 0.29) is 6.54 Å². The Morgan fingerprint density at radius 1 is 1.61 bits per heavy atom. The van der Waals surface area contributed by atoms with Crippen LogP contribution in [0.2, 0.25) is 0 Å². The van der Waals surface area contributed by atoms with Crippen molar-refractivity contribution in [3.63, 3.8) is 0 Å². The molecule has 0 saturated heterocycles. The number of amidine groups is 1. The molecule has 1 aliphatic rings. The third-order valence-corrected chi connectivity index (χ3v) is 2.73. The SMILES string of the molecule is CN(Cc1ccc(C2=NCCN2)cc1F)C(=O)O. The largest absolute Gasteiger partial charge is 0.465 e. The number of halogens is 1. The van der Waals surface area contributed by atoms with Crippen LogP contribution in [-0.2, 0) is 6.54 Å². The maximum atomic E-state index is 13.8. The van der Waals surface area contributed by atoms with Crippen molar-refractivity contribution in [2.45, 2.75) is 6.54 Å². The zero-order valence-corrected chi connectivity index (χ0v) is 9.98. The number of rotatable bonds is 3. The lowest BCUT2D eigenvalue weighted by Crippen LogP contribution is -2.24. The number of nitrogens with zero attached hydrogens (tertiary/aromatic N) is 2. The van der Waals surface area contributed by atoms with E-state index in [4.69, 9.17) is 5.11 Å². The van der Waals surface area contributed by atoms with Gasteiger partial charge >= 0.3 is 6.09 Å². The van der Waals surface area contributed by atoms with Gasteiger partial charge in [-0.2, -0.15) is 0 Å². The molecule has 96 valence electrons. The highest BCUT2D eigenvalue weighted by atomic mass is 19.1. The average Bonchev–Trinajstić information content (AvgIpc) is 2.85. The first-order valence-electron chi connectivity index (χ1n) is 5.59. The lowest BCUT2D eigenvalue weighted by atomic mass is 10.1. The molecule has 1 amide bonds. The van der Waals surface area contributed by atoms with E-state index in [9.17, 15) is 9.18 Å².